The molecule has 0 saturated heterocycles. The molecule has 0 unspecified atom stereocenters. The number of allylic oxidation sites excluding steroid dienone is 2. The van der Waals surface area contributed by atoms with Crippen molar-refractivity contribution < 1.29 is 17.0 Å². The van der Waals surface area contributed by atoms with Crippen LogP contribution in [0.25, 0.3) is 0 Å². The van der Waals surface area contributed by atoms with E-state index in [1.807, 2.05) is 0 Å². The minimum absolute atomic E-state index is 0. The van der Waals surface area contributed by atoms with Crippen LogP contribution in [0.3, 0.4) is 0 Å². The average Bonchev–Trinajstić information content (AvgIpc) is 2.81. The molecular weight excluding hydrogens is 324 g/mol. The van der Waals surface area contributed by atoms with Gasteiger partial charge in [-0.2, -0.15) is 11.4 Å². The minimum Gasteiger partial charge on any atom is -1.00 e. The first-order chi connectivity index (χ1) is 7.77. The largest absolute Gasteiger partial charge is 2.00 e. The Labute approximate surface area is 154 Å². The van der Waals surface area contributed by atoms with Crippen molar-refractivity contribution in [3.8, 4) is 0 Å². The molecule has 0 radical (unpaired) electrons. The van der Waals surface area contributed by atoms with E-state index in [9.17, 15) is 0 Å². The monoisotopic (exact) mass is 355 g/mol. The van der Waals surface area contributed by atoms with Crippen LogP contribution in [-0.4, -0.2) is 57.0 Å². The van der Waals surface area contributed by atoms with Crippen LogP contribution >= 0.6 is 0 Å². The maximum absolute atomic E-state index is 2.51. The van der Waals surface area contributed by atoms with Gasteiger partial charge in [-0.05, 0) is 55.4 Å². The third-order valence-electron chi connectivity index (χ3n) is 3.23. The molecular formula is C16H32BrMgN2-. The van der Waals surface area contributed by atoms with Gasteiger partial charge in [-0.25, -0.2) is 6.42 Å². The molecule has 0 aromatic carbocycles. The summed E-state index contributed by atoms with van der Waals surface area (Å²) in [6, 6.07) is 2.28. The topological polar surface area (TPSA) is 6.48 Å². The molecule has 0 saturated carbocycles. The second-order valence-electron chi connectivity index (χ2n) is 6.10. The van der Waals surface area contributed by atoms with Crippen molar-refractivity contribution in [3.63, 3.8) is 0 Å². The fourth-order valence-corrected chi connectivity index (χ4v) is 2.81. The van der Waals surface area contributed by atoms with E-state index in [1.54, 1.807) is 0 Å². The van der Waals surface area contributed by atoms with Gasteiger partial charge < -0.3 is 34.2 Å². The zero-order chi connectivity index (χ0) is 13.3. The summed E-state index contributed by atoms with van der Waals surface area (Å²) >= 11 is 0. The molecule has 1 aliphatic rings. The predicted octanol–water partition coefficient (Wildman–Crippen LogP) is 0.727. The maximum atomic E-state index is 2.51. The summed E-state index contributed by atoms with van der Waals surface area (Å²) in [5.41, 5.74) is 2.88. The first-order valence-corrected chi connectivity index (χ1v) is 6.93. The SMILES string of the molecule is CC(C)N(C1=C(N(C(C)C)C(C)C)[CH-]1)C(C)C.[Br-].[CH3-].[Mg+2]. The molecule has 0 aromatic heterocycles. The summed E-state index contributed by atoms with van der Waals surface area (Å²) in [5, 5.41) is 0. The average molecular weight is 357 g/mol. The van der Waals surface area contributed by atoms with Gasteiger partial charge in [-0.3, -0.25) is 0 Å². The van der Waals surface area contributed by atoms with Crippen molar-refractivity contribution in [1.29, 1.82) is 0 Å². The standard InChI is InChI=1S/C15H29N2.CH3.BrH.Mg/c1-10(2)16(11(3)4)14-9-15(14)17(12(5)6)13(7)8;;;/h9-13H,1-8H3;1H3;1H;/q2*-1;;+2/p-1. The van der Waals surface area contributed by atoms with Crippen molar-refractivity contribution in [2.45, 2.75) is 79.6 Å². The van der Waals surface area contributed by atoms with Crippen LogP contribution in [0.15, 0.2) is 11.4 Å². The van der Waals surface area contributed by atoms with E-state index in [-0.39, 0.29) is 47.5 Å². The molecule has 0 fully saturated rings. The van der Waals surface area contributed by atoms with Gasteiger partial charge in [0.2, 0.25) is 0 Å². The Morgan fingerprint density at radius 1 is 0.650 bits per heavy atom. The predicted molar refractivity (Wildman–Crippen MR) is 87.7 cm³/mol. The smallest absolute Gasteiger partial charge is 1.00 e. The first kappa shape index (κ1) is 25.4. The van der Waals surface area contributed by atoms with Gasteiger partial charge in [0.25, 0.3) is 0 Å². The van der Waals surface area contributed by atoms with E-state index < -0.39 is 0 Å². The van der Waals surface area contributed by atoms with Gasteiger partial charge in [0.15, 0.2) is 0 Å². The number of nitrogens with zero attached hydrogens (tertiary/aromatic N) is 2. The molecule has 0 aromatic rings. The van der Waals surface area contributed by atoms with Crippen LogP contribution in [0.5, 0.6) is 0 Å². The minimum atomic E-state index is 0. The van der Waals surface area contributed by atoms with Crippen molar-refractivity contribution in [1.82, 2.24) is 9.80 Å². The van der Waals surface area contributed by atoms with Crippen LogP contribution in [0.1, 0.15) is 55.4 Å². The number of rotatable bonds is 6. The van der Waals surface area contributed by atoms with Crippen molar-refractivity contribution >= 4 is 23.1 Å². The summed E-state index contributed by atoms with van der Waals surface area (Å²) in [5.74, 6) is 0. The van der Waals surface area contributed by atoms with Crippen LogP contribution in [0.2, 0.25) is 0 Å². The van der Waals surface area contributed by atoms with Crippen molar-refractivity contribution in [3.05, 3.63) is 25.2 Å². The second-order valence-corrected chi connectivity index (χ2v) is 6.10. The van der Waals surface area contributed by atoms with E-state index >= 15 is 0 Å². The zero-order valence-electron chi connectivity index (χ0n) is 14.9. The van der Waals surface area contributed by atoms with E-state index in [1.165, 1.54) is 11.4 Å². The van der Waals surface area contributed by atoms with E-state index in [0.717, 1.165) is 0 Å². The Kier molecular flexibility index (Phi) is 13.0. The summed E-state index contributed by atoms with van der Waals surface area (Å²) in [4.78, 5) is 5.01. The molecule has 1 aliphatic carbocycles. The van der Waals surface area contributed by atoms with Gasteiger partial charge in [0.1, 0.15) is 0 Å². The Hall–Kier alpha value is 0.456. The summed E-state index contributed by atoms with van der Waals surface area (Å²) in [7, 11) is 0. The molecule has 0 atom stereocenters. The molecule has 116 valence electrons. The molecule has 0 spiro atoms. The maximum Gasteiger partial charge on any atom is 2.00 e. The quantitative estimate of drug-likeness (QED) is 0.511. The van der Waals surface area contributed by atoms with Crippen molar-refractivity contribution in [2.24, 2.45) is 0 Å². The van der Waals surface area contributed by atoms with Gasteiger partial charge >= 0.3 is 23.1 Å². The molecule has 0 bridgehead atoms. The van der Waals surface area contributed by atoms with Gasteiger partial charge in [-0.1, -0.05) is 0 Å². The molecule has 0 N–H and O–H groups in total. The second kappa shape index (κ2) is 10.2. The Balaban J connectivity index is -0.000000963. The first-order valence-electron chi connectivity index (χ1n) is 6.93. The molecule has 1 rings (SSSR count). The fraction of sp³-hybridized carbons (Fsp3) is 0.750. The fourth-order valence-electron chi connectivity index (χ4n) is 2.81. The molecule has 20 heavy (non-hydrogen) atoms. The van der Waals surface area contributed by atoms with Gasteiger partial charge in [0, 0.05) is 24.2 Å². The van der Waals surface area contributed by atoms with E-state index in [2.05, 4.69) is 71.6 Å². The van der Waals surface area contributed by atoms with E-state index in [4.69, 9.17) is 0 Å². The van der Waals surface area contributed by atoms with Crippen LogP contribution in [-0.2, 0) is 0 Å². The normalized spacial score (nSPS) is 12.8. The Morgan fingerprint density at radius 2 is 0.850 bits per heavy atom. The van der Waals surface area contributed by atoms with Crippen LogP contribution in [0.4, 0.5) is 0 Å². The Morgan fingerprint density at radius 3 is 1.00 bits per heavy atom. The zero-order valence-corrected chi connectivity index (χ0v) is 17.9. The molecule has 4 heteroatoms. The number of halogens is 1. The molecule has 0 aliphatic heterocycles. The summed E-state index contributed by atoms with van der Waals surface area (Å²) in [6.07, 6.45) is 2.33. The number of hydrogen-bond donors (Lipinski definition) is 0. The summed E-state index contributed by atoms with van der Waals surface area (Å²) in [6.45, 7) is 18.2. The number of hydrogen-bond acceptors (Lipinski definition) is 2. The third kappa shape index (κ3) is 6.06. The third-order valence-corrected chi connectivity index (χ3v) is 3.23. The molecule has 0 heterocycles. The van der Waals surface area contributed by atoms with Crippen LogP contribution in [0, 0.1) is 13.8 Å². The summed E-state index contributed by atoms with van der Waals surface area (Å²) < 4.78 is 0. The Bertz CT molecular complexity index is 255. The van der Waals surface area contributed by atoms with Crippen LogP contribution < -0.4 is 17.0 Å². The van der Waals surface area contributed by atoms with Gasteiger partial charge in [-0.15, -0.1) is 0 Å². The van der Waals surface area contributed by atoms with Crippen molar-refractivity contribution in [2.75, 3.05) is 0 Å². The molecule has 0 amide bonds. The molecule has 2 nitrogen and oxygen atoms in total. The van der Waals surface area contributed by atoms with Gasteiger partial charge in [0.05, 0.1) is 0 Å². The van der Waals surface area contributed by atoms with E-state index in [0.29, 0.717) is 24.2 Å².